The van der Waals surface area contributed by atoms with Crippen molar-refractivity contribution in [3.63, 3.8) is 0 Å². The van der Waals surface area contributed by atoms with Crippen LogP contribution < -0.4 is 20.4 Å². The van der Waals surface area contributed by atoms with E-state index in [0.717, 1.165) is 17.7 Å². The van der Waals surface area contributed by atoms with Gasteiger partial charge in [-0.25, -0.2) is 0 Å². The minimum Gasteiger partial charge on any atom is -0.852 e. The molecule has 0 N–H and O–H groups in total. The fourth-order valence-corrected chi connectivity index (χ4v) is 0. The van der Waals surface area contributed by atoms with Gasteiger partial charge in [-0.1, -0.05) is 118 Å². The monoisotopic (exact) mass is 788 g/mol. The first-order valence-corrected chi connectivity index (χ1v) is 12.1. The van der Waals surface area contributed by atoms with Gasteiger partial charge in [-0.05, 0) is 17.7 Å². The van der Waals surface area contributed by atoms with Crippen molar-refractivity contribution in [2.45, 2.75) is 52.1 Å². The summed E-state index contributed by atoms with van der Waals surface area (Å²) >= 11 is 8.26. The minimum atomic E-state index is -0.379. The van der Waals surface area contributed by atoms with Crippen LogP contribution in [-0.4, -0.2) is 42.1 Å². The molecule has 128 valence electrons. The van der Waals surface area contributed by atoms with Gasteiger partial charge >= 0.3 is 21.7 Å². The molecule has 0 aliphatic carbocycles. The molecule has 0 saturated heterocycles. The topological polar surface area (TPSA) is 92.2 Å². The second-order valence-corrected chi connectivity index (χ2v) is 7.38. The largest absolute Gasteiger partial charge is 4.00 e. The second-order valence-electron chi connectivity index (χ2n) is 3.86. The summed E-state index contributed by atoms with van der Waals surface area (Å²) in [6, 6.07) is 0. The Bertz CT molecular complexity index is 121. The van der Waals surface area contributed by atoms with E-state index in [0.29, 0.717) is 0 Å². The molecule has 0 fully saturated rings. The summed E-state index contributed by atoms with van der Waals surface area (Å²) in [5.74, 6) is 0. The molecule has 21 heavy (non-hydrogen) atoms. The summed E-state index contributed by atoms with van der Waals surface area (Å²) in [5.41, 5.74) is 0. The second kappa shape index (κ2) is 31.3. The Kier molecular flexibility index (Phi) is 52.9. The Morgan fingerprint density at radius 3 is 0.571 bits per heavy atom. The van der Waals surface area contributed by atoms with Gasteiger partial charge < -0.3 is 20.4 Å². The molecule has 0 bridgehead atoms. The zero-order valence-corrected chi connectivity index (χ0v) is 23.0. The van der Waals surface area contributed by atoms with Gasteiger partial charge in [0.15, 0.2) is 0 Å². The quantitative estimate of drug-likeness (QED) is 0.238. The zero-order chi connectivity index (χ0) is 17.1. The maximum absolute atomic E-state index is 9.89. The van der Waals surface area contributed by atoms with Crippen LogP contribution in [0.2, 0.25) is 0 Å². The van der Waals surface area contributed by atoms with Crippen molar-refractivity contribution < 1.29 is 42.1 Å². The van der Waals surface area contributed by atoms with Crippen LogP contribution in [-0.2, 0) is 21.7 Å². The molecular weight excluding hydrogens is 764 g/mol. The van der Waals surface area contributed by atoms with Gasteiger partial charge in [0.05, 0.1) is 0 Å². The van der Waals surface area contributed by atoms with E-state index in [4.69, 9.17) is 0 Å². The summed E-state index contributed by atoms with van der Waals surface area (Å²) in [6.07, 6.45) is -1.52. The van der Waals surface area contributed by atoms with Crippen LogP contribution in [0.15, 0.2) is 0 Å². The first kappa shape index (κ1) is 35.6. The van der Waals surface area contributed by atoms with E-state index >= 15 is 0 Å². The third-order valence-electron chi connectivity index (χ3n) is 0.869. The summed E-state index contributed by atoms with van der Waals surface area (Å²) in [7, 11) is 0. The van der Waals surface area contributed by atoms with Gasteiger partial charge in [-0.2, -0.15) is 0 Å². The van der Waals surface area contributed by atoms with E-state index in [1.54, 1.807) is 27.7 Å². The van der Waals surface area contributed by atoms with Crippen LogP contribution in [0, 0.1) is 0 Å². The predicted octanol–water partition coefficient (Wildman–Crippen LogP) is 0.678. The Labute approximate surface area is 199 Å². The first-order valence-electron chi connectivity index (χ1n) is 5.95. The van der Waals surface area contributed by atoms with Crippen molar-refractivity contribution in [3.8, 4) is 0 Å². The third-order valence-corrected chi connectivity index (χ3v) is 5.83. The molecule has 4 nitrogen and oxygen atoms in total. The number of alkyl halides is 4. The maximum Gasteiger partial charge on any atom is 4.00 e. The molecular formula is C12H24I4O4Ti. The smallest absolute Gasteiger partial charge is 0.852 e. The molecule has 0 radical (unpaired) electrons. The van der Waals surface area contributed by atoms with Crippen LogP contribution in [0.1, 0.15) is 27.7 Å². The fraction of sp³-hybridized carbons (Fsp3) is 1.00. The van der Waals surface area contributed by atoms with E-state index in [1.165, 1.54) is 0 Å². The summed E-state index contributed by atoms with van der Waals surface area (Å²) < 4.78 is 2.88. The molecule has 4 atom stereocenters. The molecule has 0 aromatic carbocycles. The Morgan fingerprint density at radius 1 is 0.524 bits per heavy atom. The van der Waals surface area contributed by atoms with Gasteiger partial charge in [0, 0.05) is 0 Å². The Morgan fingerprint density at radius 2 is 0.571 bits per heavy atom. The van der Waals surface area contributed by atoms with E-state index in [2.05, 4.69) is 90.4 Å². The average molecular weight is 788 g/mol. The molecule has 0 amide bonds. The van der Waals surface area contributed by atoms with Crippen molar-refractivity contribution in [3.05, 3.63) is 0 Å². The number of hydrogen-bond acceptors (Lipinski definition) is 4. The molecule has 0 aromatic rings. The molecule has 4 unspecified atom stereocenters. The van der Waals surface area contributed by atoms with Crippen LogP contribution in [0.5, 0.6) is 0 Å². The number of hydrogen-bond donors (Lipinski definition) is 0. The van der Waals surface area contributed by atoms with Crippen molar-refractivity contribution >= 4 is 90.4 Å². The van der Waals surface area contributed by atoms with E-state index < -0.39 is 0 Å². The fourth-order valence-electron chi connectivity index (χ4n) is 0. The SMILES string of the molecule is CC([O-])CI.CC([O-])CI.CC([O-])CI.CC([O-])CI.[Ti+4]. The van der Waals surface area contributed by atoms with Crippen molar-refractivity contribution in [1.29, 1.82) is 0 Å². The molecule has 0 saturated carbocycles. The normalized spacial score (nSPS) is 14.3. The van der Waals surface area contributed by atoms with Gasteiger partial charge in [-0.15, -0.1) is 24.4 Å². The van der Waals surface area contributed by atoms with Gasteiger partial charge in [-0.3, -0.25) is 0 Å². The Balaban J connectivity index is -0.0000000533. The zero-order valence-electron chi connectivity index (χ0n) is 12.8. The van der Waals surface area contributed by atoms with E-state index in [-0.39, 0.29) is 46.1 Å². The number of rotatable bonds is 4. The van der Waals surface area contributed by atoms with E-state index in [1.807, 2.05) is 0 Å². The Hall–Kier alpha value is 3.47. The average Bonchev–Trinajstić information content (AvgIpc) is 2.40. The van der Waals surface area contributed by atoms with Crippen molar-refractivity contribution in [1.82, 2.24) is 0 Å². The molecule has 0 rings (SSSR count). The molecule has 0 spiro atoms. The van der Waals surface area contributed by atoms with Gasteiger partial charge in [0.2, 0.25) is 0 Å². The van der Waals surface area contributed by atoms with Crippen molar-refractivity contribution in [2.24, 2.45) is 0 Å². The summed E-state index contributed by atoms with van der Waals surface area (Å²) in [6.45, 7) is 6.64. The van der Waals surface area contributed by atoms with Crippen LogP contribution >= 0.6 is 90.4 Å². The summed E-state index contributed by atoms with van der Waals surface area (Å²) in [5, 5.41) is 39.6. The first-order chi connectivity index (χ1) is 9.08. The molecule has 0 aliphatic rings. The maximum atomic E-state index is 9.89. The van der Waals surface area contributed by atoms with Crippen molar-refractivity contribution in [2.75, 3.05) is 17.7 Å². The third kappa shape index (κ3) is 82.2. The molecule has 0 heterocycles. The van der Waals surface area contributed by atoms with E-state index in [9.17, 15) is 20.4 Å². The summed E-state index contributed by atoms with van der Waals surface area (Å²) in [4.78, 5) is 0. The molecule has 9 heteroatoms. The predicted molar refractivity (Wildman–Crippen MR) is 113 cm³/mol. The molecule has 0 aromatic heterocycles. The minimum absolute atomic E-state index is 0. The van der Waals surface area contributed by atoms with Crippen LogP contribution in [0.3, 0.4) is 0 Å². The number of halogens is 4. The standard InChI is InChI=1S/4C3H6IO.Ti/c4*1-3(5)2-4;/h4*3H,2H2,1H3;/q4*-1;+4. The van der Waals surface area contributed by atoms with Crippen LogP contribution in [0.4, 0.5) is 0 Å². The van der Waals surface area contributed by atoms with Gasteiger partial charge in [0.25, 0.3) is 0 Å². The molecule has 0 aliphatic heterocycles. The van der Waals surface area contributed by atoms with Crippen LogP contribution in [0.25, 0.3) is 0 Å². The van der Waals surface area contributed by atoms with Gasteiger partial charge in [0.1, 0.15) is 0 Å².